The van der Waals surface area contributed by atoms with Crippen LogP contribution in [0.4, 0.5) is 0 Å². The highest BCUT2D eigenvalue weighted by atomic mass is 35.5. The summed E-state index contributed by atoms with van der Waals surface area (Å²) in [5, 5.41) is 7.85. The summed E-state index contributed by atoms with van der Waals surface area (Å²) in [5.41, 5.74) is 1.77. The fourth-order valence-corrected chi connectivity index (χ4v) is 1.72. The van der Waals surface area contributed by atoms with E-state index in [0.717, 1.165) is 11.3 Å². The smallest absolute Gasteiger partial charge is 0.322 e. The van der Waals surface area contributed by atoms with Crippen LogP contribution in [0, 0.1) is 6.92 Å². The number of rotatable bonds is 5. The lowest BCUT2D eigenvalue weighted by Crippen LogP contribution is -2.35. The van der Waals surface area contributed by atoms with Crippen LogP contribution in [0.25, 0.3) is 0 Å². The van der Waals surface area contributed by atoms with Crippen molar-refractivity contribution in [3.05, 3.63) is 16.4 Å². The number of nitrogens with zero attached hydrogens (tertiary/aromatic N) is 2. The highest BCUT2D eigenvalue weighted by molar-refractivity contribution is 6.30. The maximum atomic E-state index is 11.4. The molecule has 5 nitrogen and oxygen atoms in total. The van der Waals surface area contributed by atoms with Gasteiger partial charge in [0, 0.05) is 19.2 Å². The zero-order valence-corrected chi connectivity index (χ0v) is 11.3. The molecule has 1 rings (SSSR count). The lowest BCUT2D eigenvalue weighted by Gasteiger charge is -2.12. The minimum atomic E-state index is -0.356. The Morgan fingerprint density at radius 3 is 2.76 bits per heavy atom. The fourth-order valence-electron chi connectivity index (χ4n) is 1.48. The molecule has 1 aromatic heterocycles. The molecular formula is C11H18ClN3O2. The normalized spacial score (nSPS) is 12.5. The Morgan fingerprint density at radius 2 is 2.29 bits per heavy atom. The topological polar surface area (TPSA) is 56.1 Å². The van der Waals surface area contributed by atoms with E-state index in [9.17, 15) is 4.79 Å². The molecule has 0 bridgehead atoms. The van der Waals surface area contributed by atoms with E-state index in [4.69, 9.17) is 16.3 Å². The van der Waals surface area contributed by atoms with E-state index < -0.39 is 0 Å². The molecule has 0 saturated carbocycles. The number of nitrogens with one attached hydrogen (secondary N) is 1. The predicted molar refractivity (Wildman–Crippen MR) is 65.9 cm³/mol. The van der Waals surface area contributed by atoms with E-state index in [2.05, 4.69) is 10.4 Å². The van der Waals surface area contributed by atoms with E-state index in [1.54, 1.807) is 25.6 Å². The van der Waals surface area contributed by atoms with Gasteiger partial charge in [-0.05, 0) is 20.8 Å². The van der Waals surface area contributed by atoms with Crippen molar-refractivity contribution in [1.29, 1.82) is 0 Å². The minimum absolute atomic E-state index is 0.259. The van der Waals surface area contributed by atoms with Crippen LogP contribution in [-0.2, 0) is 23.1 Å². The number of hydrogen-bond acceptors (Lipinski definition) is 4. The second kappa shape index (κ2) is 6.02. The van der Waals surface area contributed by atoms with Gasteiger partial charge in [-0.15, -0.1) is 0 Å². The molecule has 6 heteroatoms. The van der Waals surface area contributed by atoms with Gasteiger partial charge in [-0.1, -0.05) is 11.6 Å². The minimum Gasteiger partial charge on any atom is -0.465 e. The third kappa shape index (κ3) is 3.44. The Hall–Kier alpha value is -1.07. The Labute approximate surface area is 106 Å². The van der Waals surface area contributed by atoms with Crippen molar-refractivity contribution in [2.24, 2.45) is 7.05 Å². The number of carbonyl (C=O) groups excluding carboxylic acids is 1. The highest BCUT2D eigenvalue weighted by Gasteiger charge is 2.16. The molecule has 0 spiro atoms. The van der Waals surface area contributed by atoms with Gasteiger partial charge in [0.05, 0.1) is 12.3 Å². The molecule has 1 N–H and O–H groups in total. The summed E-state index contributed by atoms with van der Waals surface area (Å²) < 4.78 is 6.52. The summed E-state index contributed by atoms with van der Waals surface area (Å²) in [6.45, 7) is 6.32. The van der Waals surface area contributed by atoms with Gasteiger partial charge >= 0.3 is 5.97 Å². The number of carbonyl (C=O) groups is 1. The fraction of sp³-hybridized carbons (Fsp3) is 0.636. The van der Waals surface area contributed by atoms with Crippen LogP contribution in [0.3, 0.4) is 0 Å². The van der Waals surface area contributed by atoms with Gasteiger partial charge in [0.1, 0.15) is 11.2 Å². The van der Waals surface area contributed by atoms with Crippen molar-refractivity contribution in [2.45, 2.75) is 33.4 Å². The second-order valence-corrected chi connectivity index (χ2v) is 4.19. The number of halogens is 1. The maximum Gasteiger partial charge on any atom is 0.322 e. The molecule has 0 saturated heterocycles. The molecule has 0 radical (unpaired) electrons. The third-order valence-electron chi connectivity index (χ3n) is 2.50. The maximum absolute atomic E-state index is 11.4. The second-order valence-electron chi connectivity index (χ2n) is 3.83. The molecule has 0 aliphatic heterocycles. The summed E-state index contributed by atoms with van der Waals surface area (Å²) in [5.74, 6) is -0.259. The number of aryl methyl sites for hydroxylation is 2. The molecule has 1 heterocycles. The van der Waals surface area contributed by atoms with Crippen LogP contribution in [0.1, 0.15) is 25.1 Å². The predicted octanol–water partition coefficient (Wildman–Crippen LogP) is 1.42. The van der Waals surface area contributed by atoms with E-state index >= 15 is 0 Å². The van der Waals surface area contributed by atoms with Gasteiger partial charge in [0.25, 0.3) is 0 Å². The zero-order chi connectivity index (χ0) is 13.0. The van der Waals surface area contributed by atoms with Gasteiger partial charge in [-0.2, -0.15) is 5.10 Å². The first kappa shape index (κ1) is 14.0. The van der Waals surface area contributed by atoms with E-state index in [1.807, 2.05) is 6.92 Å². The largest absolute Gasteiger partial charge is 0.465 e. The van der Waals surface area contributed by atoms with E-state index in [-0.39, 0.29) is 12.0 Å². The van der Waals surface area contributed by atoms with E-state index in [1.165, 1.54) is 0 Å². The van der Waals surface area contributed by atoms with Crippen molar-refractivity contribution in [3.63, 3.8) is 0 Å². The standard InChI is InChI=1S/C11H18ClN3O2/c1-5-17-11(16)8(3)13-6-9-7(2)14-15(4)10(9)12/h8,13H,5-6H2,1-4H3. The molecule has 17 heavy (non-hydrogen) atoms. The lowest BCUT2D eigenvalue weighted by atomic mass is 10.2. The first-order chi connectivity index (χ1) is 7.97. The lowest BCUT2D eigenvalue weighted by molar-refractivity contribution is -0.145. The molecule has 0 aliphatic rings. The molecule has 1 atom stereocenters. The summed E-state index contributed by atoms with van der Waals surface area (Å²) in [6.07, 6.45) is 0. The molecular weight excluding hydrogens is 242 g/mol. The Morgan fingerprint density at radius 1 is 1.65 bits per heavy atom. The number of esters is 1. The van der Waals surface area contributed by atoms with Crippen LogP contribution in [-0.4, -0.2) is 28.4 Å². The zero-order valence-electron chi connectivity index (χ0n) is 10.6. The molecule has 0 aliphatic carbocycles. The number of aromatic nitrogens is 2. The van der Waals surface area contributed by atoms with Gasteiger partial charge in [0.15, 0.2) is 0 Å². The van der Waals surface area contributed by atoms with Crippen LogP contribution in [0.15, 0.2) is 0 Å². The molecule has 96 valence electrons. The molecule has 1 unspecified atom stereocenters. The van der Waals surface area contributed by atoms with Crippen molar-refractivity contribution in [3.8, 4) is 0 Å². The Balaban J connectivity index is 2.58. The van der Waals surface area contributed by atoms with Gasteiger partial charge in [-0.25, -0.2) is 0 Å². The van der Waals surface area contributed by atoms with Crippen molar-refractivity contribution in [1.82, 2.24) is 15.1 Å². The van der Waals surface area contributed by atoms with Crippen LogP contribution < -0.4 is 5.32 Å². The SMILES string of the molecule is CCOC(=O)C(C)NCc1c(C)nn(C)c1Cl. The molecule has 0 fully saturated rings. The van der Waals surface area contributed by atoms with E-state index in [0.29, 0.717) is 18.3 Å². The van der Waals surface area contributed by atoms with Crippen LogP contribution in [0.2, 0.25) is 5.15 Å². The van der Waals surface area contributed by atoms with Crippen molar-refractivity contribution >= 4 is 17.6 Å². The van der Waals surface area contributed by atoms with Gasteiger partial charge in [-0.3, -0.25) is 9.48 Å². The number of ether oxygens (including phenoxy) is 1. The van der Waals surface area contributed by atoms with Crippen LogP contribution >= 0.6 is 11.6 Å². The summed E-state index contributed by atoms with van der Waals surface area (Å²) in [6, 6.07) is -0.356. The van der Waals surface area contributed by atoms with Gasteiger partial charge < -0.3 is 10.1 Å². The first-order valence-electron chi connectivity index (χ1n) is 5.55. The first-order valence-corrected chi connectivity index (χ1v) is 5.93. The average molecular weight is 260 g/mol. The monoisotopic (exact) mass is 259 g/mol. The molecule has 0 amide bonds. The Kier molecular flexibility index (Phi) is 4.96. The highest BCUT2D eigenvalue weighted by Crippen LogP contribution is 2.18. The van der Waals surface area contributed by atoms with Crippen molar-refractivity contribution in [2.75, 3.05) is 6.61 Å². The summed E-state index contributed by atoms with van der Waals surface area (Å²) >= 11 is 6.08. The van der Waals surface area contributed by atoms with Crippen LogP contribution in [0.5, 0.6) is 0 Å². The van der Waals surface area contributed by atoms with Crippen molar-refractivity contribution < 1.29 is 9.53 Å². The van der Waals surface area contributed by atoms with Gasteiger partial charge in [0.2, 0.25) is 0 Å². The number of hydrogen-bond donors (Lipinski definition) is 1. The quantitative estimate of drug-likeness (QED) is 0.813. The summed E-state index contributed by atoms with van der Waals surface area (Å²) in [7, 11) is 1.79. The molecule has 1 aromatic rings. The summed E-state index contributed by atoms with van der Waals surface area (Å²) in [4.78, 5) is 11.4. The molecule has 0 aromatic carbocycles. The average Bonchev–Trinajstić information content (AvgIpc) is 2.51. The Bertz CT molecular complexity index is 404. The third-order valence-corrected chi connectivity index (χ3v) is 2.97.